The largest absolute Gasteiger partial charge is 0.364 e. The SMILES string of the molecule is NC(=O)c1ccc2c(Br)cccc2n1. The second kappa shape index (κ2) is 3.38. The number of carbonyl (C=O) groups is 1. The van der Waals surface area contributed by atoms with E-state index in [0.29, 0.717) is 0 Å². The second-order valence-corrected chi connectivity index (χ2v) is 3.72. The number of hydrogen-bond donors (Lipinski definition) is 1. The number of aromatic nitrogens is 1. The Kier molecular flexibility index (Phi) is 2.21. The van der Waals surface area contributed by atoms with Crippen molar-refractivity contribution in [3.63, 3.8) is 0 Å². The summed E-state index contributed by atoms with van der Waals surface area (Å²) in [7, 11) is 0. The summed E-state index contributed by atoms with van der Waals surface area (Å²) in [6, 6.07) is 9.08. The Hall–Kier alpha value is -1.42. The summed E-state index contributed by atoms with van der Waals surface area (Å²) in [5, 5.41) is 0.970. The topological polar surface area (TPSA) is 56.0 Å². The van der Waals surface area contributed by atoms with Gasteiger partial charge in [-0.2, -0.15) is 0 Å². The zero-order valence-electron chi connectivity index (χ0n) is 7.20. The van der Waals surface area contributed by atoms with E-state index < -0.39 is 5.91 Å². The molecule has 0 saturated carbocycles. The van der Waals surface area contributed by atoms with Crippen LogP contribution in [0.2, 0.25) is 0 Å². The summed E-state index contributed by atoms with van der Waals surface area (Å²) in [6.07, 6.45) is 0. The van der Waals surface area contributed by atoms with E-state index in [1.54, 1.807) is 6.07 Å². The lowest BCUT2D eigenvalue weighted by molar-refractivity contribution is 0.0996. The molecule has 0 atom stereocenters. The molecule has 3 nitrogen and oxygen atoms in total. The molecule has 70 valence electrons. The van der Waals surface area contributed by atoms with Crippen molar-refractivity contribution in [3.05, 3.63) is 40.5 Å². The number of nitrogens with zero attached hydrogens (tertiary/aromatic N) is 1. The number of amides is 1. The molecule has 0 aliphatic heterocycles. The van der Waals surface area contributed by atoms with Crippen molar-refractivity contribution in [2.75, 3.05) is 0 Å². The zero-order chi connectivity index (χ0) is 10.1. The first-order valence-electron chi connectivity index (χ1n) is 4.03. The van der Waals surface area contributed by atoms with Gasteiger partial charge >= 0.3 is 0 Å². The Labute approximate surface area is 89.1 Å². The summed E-state index contributed by atoms with van der Waals surface area (Å²) < 4.78 is 0.957. The first-order valence-corrected chi connectivity index (χ1v) is 4.83. The van der Waals surface area contributed by atoms with Gasteiger partial charge < -0.3 is 5.73 Å². The molecule has 1 heterocycles. The van der Waals surface area contributed by atoms with Gasteiger partial charge in [0.15, 0.2) is 0 Å². The number of primary amides is 1. The van der Waals surface area contributed by atoms with Gasteiger partial charge in [0.25, 0.3) is 5.91 Å². The molecular weight excluding hydrogens is 244 g/mol. The Morgan fingerprint density at radius 2 is 2.07 bits per heavy atom. The molecule has 2 N–H and O–H groups in total. The molecule has 0 bridgehead atoms. The van der Waals surface area contributed by atoms with E-state index in [2.05, 4.69) is 20.9 Å². The van der Waals surface area contributed by atoms with Crippen LogP contribution in [-0.4, -0.2) is 10.9 Å². The lowest BCUT2D eigenvalue weighted by atomic mass is 10.2. The fourth-order valence-corrected chi connectivity index (χ4v) is 1.74. The number of nitrogens with two attached hydrogens (primary N) is 1. The van der Waals surface area contributed by atoms with Gasteiger partial charge in [0.1, 0.15) is 5.69 Å². The van der Waals surface area contributed by atoms with E-state index >= 15 is 0 Å². The molecule has 0 spiro atoms. The molecule has 2 aromatic rings. The highest BCUT2D eigenvalue weighted by molar-refractivity contribution is 9.10. The van der Waals surface area contributed by atoms with Gasteiger partial charge in [0.2, 0.25) is 0 Å². The third kappa shape index (κ3) is 1.48. The lowest BCUT2D eigenvalue weighted by Gasteiger charge is -2.00. The van der Waals surface area contributed by atoms with Crippen LogP contribution in [0.4, 0.5) is 0 Å². The van der Waals surface area contributed by atoms with Gasteiger partial charge in [-0.15, -0.1) is 0 Å². The summed E-state index contributed by atoms with van der Waals surface area (Å²) >= 11 is 3.40. The number of fused-ring (bicyclic) bond motifs is 1. The fourth-order valence-electron chi connectivity index (χ4n) is 1.25. The Bertz CT molecular complexity index is 510. The van der Waals surface area contributed by atoms with Crippen LogP contribution < -0.4 is 5.73 Å². The zero-order valence-corrected chi connectivity index (χ0v) is 8.78. The van der Waals surface area contributed by atoms with Crippen LogP contribution in [0.1, 0.15) is 10.5 Å². The molecule has 0 aliphatic rings. The molecule has 0 radical (unpaired) electrons. The average molecular weight is 251 g/mol. The van der Waals surface area contributed by atoms with E-state index in [0.717, 1.165) is 15.4 Å². The maximum Gasteiger partial charge on any atom is 0.267 e. The molecule has 14 heavy (non-hydrogen) atoms. The summed E-state index contributed by atoms with van der Waals surface area (Å²) in [5.41, 5.74) is 6.18. The van der Waals surface area contributed by atoms with Crippen molar-refractivity contribution in [2.45, 2.75) is 0 Å². The van der Waals surface area contributed by atoms with Crippen molar-refractivity contribution in [1.82, 2.24) is 4.98 Å². The van der Waals surface area contributed by atoms with Gasteiger partial charge in [0, 0.05) is 9.86 Å². The highest BCUT2D eigenvalue weighted by atomic mass is 79.9. The van der Waals surface area contributed by atoms with Crippen LogP contribution >= 0.6 is 15.9 Å². The molecule has 1 aromatic carbocycles. The molecule has 0 aliphatic carbocycles. The average Bonchev–Trinajstić information content (AvgIpc) is 2.17. The highest BCUT2D eigenvalue weighted by Crippen LogP contribution is 2.22. The maximum atomic E-state index is 10.9. The van der Waals surface area contributed by atoms with Crippen LogP contribution in [0, 0.1) is 0 Å². The van der Waals surface area contributed by atoms with E-state index in [1.165, 1.54) is 0 Å². The van der Waals surface area contributed by atoms with Crippen LogP contribution in [0.25, 0.3) is 10.9 Å². The summed E-state index contributed by atoms with van der Waals surface area (Å²) in [4.78, 5) is 15.0. The fraction of sp³-hybridized carbons (Fsp3) is 0. The molecular formula is C10H7BrN2O. The predicted octanol–water partition coefficient (Wildman–Crippen LogP) is 2.10. The monoisotopic (exact) mass is 250 g/mol. The molecule has 0 saturated heterocycles. The first-order chi connectivity index (χ1) is 6.68. The standard InChI is InChI=1S/C10H7BrN2O/c11-7-2-1-3-8-6(7)4-5-9(13-8)10(12)14/h1-5H,(H2,12,14). The minimum absolute atomic E-state index is 0.288. The number of halogens is 1. The smallest absolute Gasteiger partial charge is 0.267 e. The molecule has 1 aromatic heterocycles. The van der Waals surface area contributed by atoms with Crippen molar-refractivity contribution >= 4 is 32.7 Å². The molecule has 0 unspecified atom stereocenters. The quantitative estimate of drug-likeness (QED) is 0.843. The number of benzene rings is 1. The van der Waals surface area contributed by atoms with Gasteiger partial charge in [0.05, 0.1) is 5.52 Å². The van der Waals surface area contributed by atoms with E-state index in [9.17, 15) is 4.79 Å². The predicted molar refractivity (Wildman–Crippen MR) is 58.0 cm³/mol. The van der Waals surface area contributed by atoms with Crippen LogP contribution in [0.15, 0.2) is 34.8 Å². The van der Waals surface area contributed by atoms with Gasteiger partial charge in [-0.25, -0.2) is 4.98 Å². The van der Waals surface area contributed by atoms with Crippen LogP contribution in [0.3, 0.4) is 0 Å². The van der Waals surface area contributed by atoms with Gasteiger partial charge in [-0.3, -0.25) is 4.79 Å². The number of hydrogen-bond acceptors (Lipinski definition) is 2. The van der Waals surface area contributed by atoms with Crippen molar-refractivity contribution in [2.24, 2.45) is 5.73 Å². The summed E-state index contributed by atoms with van der Waals surface area (Å²) in [6.45, 7) is 0. The molecule has 0 fully saturated rings. The van der Waals surface area contributed by atoms with Crippen molar-refractivity contribution in [3.8, 4) is 0 Å². The van der Waals surface area contributed by atoms with Crippen molar-refractivity contribution < 1.29 is 4.79 Å². The Morgan fingerprint density at radius 1 is 1.29 bits per heavy atom. The minimum atomic E-state index is -0.508. The first kappa shape index (κ1) is 9.15. The Balaban J connectivity index is 2.73. The van der Waals surface area contributed by atoms with E-state index in [1.807, 2.05) is 24.3 Å². The summed E-state index contributed by atoms with van der Waals surface area (Å²) in [5.74, 6) is -0.508. The normalized spacial score (nSPS) is 10.4. The number of rotatable bonds is 1. The Morgan fingerprint density at radius 3 is 2.79 bits per heavy atom. The van der Waals surface area contributed by atoms with Crippen LogP contribution in [-0.2, 0) is 0 Å². The minimum Gasteiger partial charge on any atom is -0.364 e. The van der Waals surface area contributed by atoms with Gasteiger partial charge in [-0.1, -0.05) is 22.0 Å². The van der Waals surface area contributed by atoms with E-state index in [4.69, 9.17) is 5.73 Å². The highest BCUT2D eigenvalue weighted by Gasteiger charge is 2.04. The third-order valence-electron chi connectivity index (χ3n) is 1.93. The maximum absolute atomic E-state index is 10.9. The number of carbonyl (C=O) groups excluding carboxylic acids is 1. The second-order valence-electron chi connectivity index (χ2n) is 2.87. The third-order valence-corrected chi connectivity index (χ3v) is 2.62. The number of pyridine rings is 1. The van der Waals surface area contributed by atoms with Crippen LogP contribution in [0.5, 0.6) is 0 Å². The lowest BCUT2D eigenvalue weighted by Crippen LogP contribution is -2.12. The van der Waals surface area contributed by atoms with Crippen molar-refractivity contribution in [1.29, 1.82) is 0 Å². The molecule has 2 rings (SSSR count). The molecule has 1 amide bonds. The van der Waals surface area contributed by atoms with Gasteiger partial charge in [-0.05, 0) is 24.3 Å². The molecule has 4 heteroatoms. The van der Waals surface area contributed by atoms with E-state index in [-0.39, 0.29) is 5.69 Å².